The lowest BCUT2D eigenvalue weighted by Gasteiger charge is -2.36. The number of nitrogens with one attached hydrogen (secondary N) is 1. The maximum absolute atomic E-state index is 12.8. The van der Waals surface area contributed by atoms with Gasteiger partial charge in [0.05, 0.1) is 12.5 Å². The fourth-order valence-electron chi connectivity index (χ4n) is 3.86. The summed E-state index contributed by atoms with van der Waals surface area (Å²) in [7, 11) is 1.39. The molecule has 9 heteroatoms. The predicted molar refractivity (Wildman–Crippen MR) is 135 cm³/mol. The third kappa shape index (κ3) is 6.63. The van der Waals surface area contributed by atoms with Gasteiger partial charge >= 0.3 is 11.9 Å². The molecule has 1 unspecified atom stereocenters. The highest BCUT2D eigenvalue weighted by Crippen LogP contribution is 2.37. The topological polar surface area (TPSA) is 113 Å². The highest BCUT2D eigenvalue weighted by Gasteiger charge is 2.37. The maximum atomic E-state index is 12.8. The van der Waals surface area contributed by atoms with Crippen molar-refractivity contribution >= 4 is 17.8 Å². The molecule has 1 heterocycles. The number of methoxy groups -OCH3 is 1. The van der Waals surface area contributed by atoms with Gasteiger partial charge in [-0.15, -0.1) is 0 Å². The van der Waals surface area contributed by atoms with E-state index in [9.17, 15) is 14.4 Å². The van der Waals surface area contributed by atoms with Crippen molar-refractivity contribution in [3.05, 3.63) is 89.7 Å². The van der Waals surface area contributed by atoms with E-state index in [0.29, 0.717) is 0 Å². The molecular formula is C28H30N2O7. The van der Waals surface area contributed by atoms with E-state index in [4.69, 9.17) is 18.9 Å². The molecule has 0 aliphatic carbocycles. The fraction of sp³-hybridized carbons (Fsp3) is 0.286. The second kappa shape index (κ2) is 12.5. The average Bonchev–Trinajstić information content (AvgIpc) is 2.92. The number of hydrogen-bond donors (Lipinski definition) is 1. The number of ether oxygens (including phenoxy) is 4. The van der Waals surface area contributed by atoms with Crippen molar-refractivity contribution < 1.29 is 33.3 Å². The van der Waals surface area contributed by atoms with Gasteiger partial charge in [-0.25, -0.2) is 4.98 Å². The van der Waals surface area contributed by atoms with Crippen molar-refractivity contribution in [2.24, 2.45) is 0 Å². The lowest BCUT2D eigenvalue weighted by molar-refractivity contribution is -0.149. The van der Waals surface area contributed by atoms with Gasteiger partial charge in [-0.05, 0) is 25.0 Å². The van der Waals surface area contributed by atoms with Crippen LogP contribution >= 0.6 is 0 Å². The molecule has 0 spiro atoms. The van der Waals surface area contributed by atoms with Crippen LogP contribution in [0.25, 0.3) is 0 Å². The molecule has 9 nitrogen and oxygen atoms in total. The Bertz CT molecular complexity index is 1180. The van der Waals surface area contributed by atoms with Gasteiger partial charge in [0.1, 0.15) is 12.6 Å². The van der Waals surface area contributed by atoms with E-state index >= 15 is 0 Å². The van der Waals surface area contributed by atoms with Gasteiger partial charge in [-0.2, -0.15) is 0 Å². The molecule has 3 rings (SSSR count). The Hall–Kier alpha value is -4.40. The minimum absolute atomic E-state index is 0.0220. The predicted octanol–water partition coefficient (Wildman–Crippen LogP) is 3.66. The Morgan fingerprint density at radius 3 is 2.11 bits per heavy atom. The zero-order valence-electron chi connectivity index (χ0n) is 21.2. The monoisotopic (exact) mass is 506 g/mol. The summed E-state index contributed by atoms with van der Waals surface area (Å²) in [4.78, 5) is 40.7. The summed E-state index contributed by atoms with van der Waals surface area (Å²) in [6, 6.07) is 21.1. The van der Waals surface area contributed by atoms with Gasteiger partial charge in [0.25, 0.3) is 5.91 Å². The Morgan fingerprint density at radius 2 is 1.57 bits per heavy atom. The second-order valence-electron chi connectivity index (χ2n) is 8.34. The van der Waals surface area contributed by atoms with E-state index in [1.54, 1.807) is 0 Å². The Labute approximate surface area is 215 Å². The van der Waals surface area contributed by atoms with Crippen LogP contribution in [0, 0.1) is 0 Å². The number of benzene rings is 2. The number of hydrogen-bond acceptors (Lipinski definition) is 8. The average molecular weight is 507 g/mol. The van der Waals surface area contributed by atoms with E-state index in [2.05, 4.69) is 10.3 Å². The number of esters is 2. The lowest BCUT2D eigenvalue weighted by atomic mass is 9.72. The van der Waals surface area contributed by atoms with Crippen molar-refractivity contribution in [1.82, 2.24) is 10.3 Å². The fourth-order valence-corrected chi connectivity index (χ4v) is 3.86. The molecule has 37 heavy (non-hydrogen) atoms. The van der Waals surface area contributed by atoms with Crippen molar-refractivity contribution in [2.75, 3.05) is 20.4 Å². The van der Waals surface area contributed by atoms with Crippen LogP contribution < -0.4 is 14.8 Å². The number of pyridine rings is 1. The SMILES string of the molecule is COc1ccnc(C(=O)NCC(=O)OC(C)C(C)(c2ccccc2)c2ccccc2)c1OCOC(C)=O. The van der Waals surface area contributed by atoms with Crippen LogP contribution in [-0.2, 0) is 24.5 Å². The molecule has 0 saturated carbocycles. The zero-order chi connectivity index (χ0) is 26.8. The van der Waals surface area contributed by atoms with Crippen molar-refractivity contribution in [3.8, 4) is 11.5 Å². The summed E-state index contributed by atoms with van der Waals surface area (Å²) in [5, 5.41) is 2.51. The van der Waals surface area contributed by atoms with E-state index < -0.39 is 42.7 Å². The number of aromatic nitrogens is 1. The highest BCUT2D eigenvalue weighted by atomic mass is 16.7. The Kier molecular flexibility index (Phi) is 9.21. The summed E-state index contributed by atoms with van der Waals surface area (Å²) >= 11 is 0. The summed E-state index contributed by atoms with van der Waals surface area (Å²) in [5.41, 5.74) is 1.21. The van der Waals surface area contributed by atoms with Crippen LogP contribution in [0.1, 0.15) is 42.4 Å². The second-order valence-corrected chi connectivity index (χ2v) is 8.34. The highest BCUT2D eigenvalue weighted by molar-refractivity contribution is 5.97. The third-order valence-corrected chi connectivity index (χ3v) is 6.03. The quantitative estimate of drug-likeness (QED) is 0.310. The van der Waals surface area contributed by atoms with E-state index in [0.717, 1.165) is 11.1 Å². The first-order valence-corrected chi connectivity index (χ1v) is 11.6. The normalized spacial score (nSPS) is 11.7. The number of amides is 1. The molecule has 0 aliphatic rings. The molecule has 0 aliphatic heterocycles. The van der Waals surface area contributed by atoms with Crippen LogP contribution in [-0.4, -0.2) is 49.4 Å². The Balaban J connectivity index is 1.71. The summed E-state index contributed by atoms with van der Waals surface area (Å²) in [6.45, 7) is 4.23. The number of carbonyl (C=O) groups excluding carboxylic acids is 3. The minimum atomic E-state index is -0.685. The lowest BCUT2D eigenvalue weighted by Crippen LogP contribution is -2.41. The molecule has 0 bridgehead atoms. The third-order valence-electron chi connectivity index (χ3n) is 6.03. The summed E-state index contributed by atoms with van der Waals surface area (Å²) in [5.74, 6) is -1.67. The van der Waals surface area contributed by atoms with Crippen LogP contribution in [0.5, 0.6) is 11.5 Å². The number of nitrogens with zero attached hydrogens (tertiary/aromatic N) is 1. The first-order valence-electron chi connectivity index (χ1n) is 11.6. The number of carbonyl (C=O) groups is 3. The molecule has 0 saturated heterocycles. The van der Waals surface area contributed by atoms with Crippen LogP contribution in [0.3, 0.4) is 0 Å². The number of rotatable bonds is 11. The minimum Gasteiger partial charge on any atom is -0.493 e. The van der Waals surface area contributed by atoms with Gasteiger partial charge in [-0.3, -0.25) is 14.4 Å². The molecule has 1 N–H and O–H groups in total. The Morgan fingerprint density at radius 1 is 0.973 bits per heavy atom. The smallest absolute Gasteiger partial charge is 0.325 e. The van der Waals surface area contributed by atoms with E-state index in [1.165, 1.54) is 26.3 Å². The summed E-state index contributed by atoms with van der Waals surface area (Å²) < 4.78 is 21.2. The molecule has 1 atom stereocenters. The maximum Gasteiger partial charge on any atom is 0.325 e. The molecular weight excluding hydrogens is 476 g/mol. The van der Waals surface area contributed by atoms with Gasteiger partial charge < -0.3 is 24.3 Å². The molecule has 3 aromatic rings. The van der Waals surface area contributed by atoms with Gasteiger partial charge in [0, 0.05) is 19.2 Å². The van der Waals surface area contributed by atoms with Crippen molar-refractivity contribution in [2.45, 2.75) is 32.3 Å². The molecule has 194 valence electrons. The molecule has 1 amide bonds. The van der Waals surface area contributed by atoms with Crippen LogP contribution in [0.4, 0.5) is 0 Å². The van der Waals surface area contributed by atoms with E-state index in [-0.39, 0.29) is 17.2 Å². The van der Waals surface area contributed by atoms with Gasteiger partial charge in [0.15, 0.2) is 17.2 Å². The van der Waals surface area contributed by atoms with Gasteiger partial charge in [0.2, 0.25) is 6.79 Å². The summed E-state index contributed by atoms with van der Waals surface area (Å²) in [6.07, 6.45) is 0.803. The van der Waals surface area contributed by atoms with Crippen LogP contribution in [0.2, 0.25) is 0 Å². The molecule has 2 aromatic carbocycles. The van der Waals surface area contributed by atoms with Crippen molar-refractivity contribution in [3.63, 3.8) is 0 Å². The molecule has 0 radical (unpaired) electrons. The largest absolute Gasteiger partial charge is 0.493 e. The van der Waals surface area contributed by atoms with E-state index in [1.807, 2.05) is 74.5 Å². The molecule has 0 fully saturated rings. The first-order chi connectivity index (χ1) is 17.8. The first kappa shape index (κ1) is 27.2. The molecule has 1 aromatic heterocycles. The van der Waals surface area contributed by atoms with Crippen LogP contribution in [0.15, 0.2) is 72.9 Å². The standard InChI is InChI=1S/C28H30N2O7/c1-19(28(3,21-11-7-5-8-12-21)22-13-9-6-10-14-22)37-24(32)17-30-27(33)25-26(36-18-35-20(2)31)23(34-4)15-16-29-25/h5-16,19H,17-18H2,1-4H3,(H,30,33). The zero-order valence-corrected chi connectivity index (χ0v) is 21.2. The van der Waals surface area contributed by atoms with Crippen molar-refractivity contribution in [1.29, 1.82) is 0 Å². The van der Waals surface area contributed by atoms with Gasteiger partial charge in [-0.1, -0.05) is 60.7 Å².